The molecule has 0 aromatic heterocycles. The summed E-state index contributed by atoms with van der Waals surface area (Å²) in [5.74, 6) is -0.0103. The van der Waals surface area contributed by atoms with E-state index in [1.807, 2.05) is 42.5 Å². The van der Waals surface area contributed by atoms with E-state index in [1.165, 1.54) is 32.1 Å². The first-order valence-electron chi connectivity index (χ1n) is 8.56. The third-order valence-corrected chi connectivity index (χ3v) is 4.74. The van der Waals surface area contributed by atoms with Gasteiger partial charge in [0.15, 0.2) is 5.70 Å². The van der Waals surface area contributed by atoms with Gasteiger partial charge in [-0.25, -0.2) is 9.79 Å². The van der Waals surface area contributed by atoms with Crippen LogP contribution < -0.4 is 0 Å². The average molecular weight is 320 g/mol. The minimum atomic E-state index is -0.385. The first-order chi connectivity index (χ1) is 11.8. The molecule has 0 saturated heterocycles. The van der Waals surface area contributed by atoms with Gasteiger partial charge in [0.25, 0.3) is 0 Å². The minimum absolute atomic E-state index is 0.375. The summed E-state index contributed by atoms with van der Waals surface area (Å²) in [6.07, 6.45) is 14.4. The highest BCUT2D eigenvalue weighted by Crippen LogP contribution is 2.27. The number of aliphatic imine (C=N–C) groups is 1. The maximum atomic E-state index is 12.2. The lowest BCUT2D eigenvalue weighted by Crippen LogP contribution is -2.29. The Labute approximate surface area is 141 Å². The van der Waals surface area contributed by atoms with Gasteiger partial charge in [0.1, 0.15) is 0 Å². The van der Waals surface area contributed by atoms with E-state index in [-0.39, 0.29) is 5.97 Å². The third-order valence-electron chi connectivity index (χ3n) is 4.74. The highest BCUT2D eigenvalue weighted by Gasteiger charge is 2.27. The Morgan fingerprint density at radius 2 is 1.71 bits per heavy atom. The van der Waals surface area contributed by atoms with E-state index in [0.29, 0.717) is 17.6 Å². The number of carbonyl (C=O) groups excluding carboxylic acids is 1. The monoisotopic (exact) mass is 320 g/mol. The van der Waals surface area contributed by atoms with Gasteiger partial charge in [0.2, 0.25) is 5.90 Å². The molecule has 4 rings (SSSR count). The summed E-state index contributed by atoms with van der Waals surface area (Å²) >= 11 is 0. The molecule has 24 heavy (non-hydrogen) atoms. The van der Waals surface area contributed by atoms with Crippen molar-refractivity contribution in [2.45, 2.75) is 38.1 Å². The molecule has 0 spiro atoms. The van der Waals surface area contributed by atoms with Crippen molar-refractivity contribution in [3.8, 4) is 0 Å². The van der Waals surface area contributed by atoms with Crippen molar-refractivity contribution in [2.24, 2.45) is 4.99 Å². The van der Waals surface area contributed by atoms with Crippen LogP contribution >= 0.6 is 0 Å². The quantitative estimate of drug-likeness (QED) is 0.612. The maximum Gasteiger partial charge on any atom is 0.364 e. The second-order valence-electron chi connectivity index (χ2n) is 6.35. The molecule has 0 atom stereocenters. The molecular formula is C20H20N2O2. The van der Waals surface area contributed by atoms with Crippen LogP contribution in [0.1, 0.15) is 37.7 Å². The average Bonchev–Trinajstić information content (AvgIpc) is 3.05. The largest absolute Gasteiger partial charge is 0.402 e. The van der Waals surface area contributed by atoms with Gasteiger partial charge in [0, 0.05) is 29.6 Å². The van der Waals surface area contributed by atoms with E-state index in [9.17, 15) is 4.79 Å². The van der Waals surface area contributed by atoms with Crippen molar-refractivity contribution < 1.29 is 9.53 Å². The van der Waals surface area contributed by atoms with Gasteiger partial charge in [0.05, 0.1) is 0 Å². The summed E-state index contributed by atoms with van der Waals surface area (Å²) < 4.78 is 5.33. The van der Waals surface area contributed by atoms with Crippen LogP contribution in [0.4, 0.5) is 0 Å². The van der Waals surface area contributed by atoms with Crippen LogP contribution in [0, 0.1) is 0 Å². The fourth-order valence-corrected chi connectivity index (χ4v) is 3.41. The van der Waals surface area contributed by atoms with Crippen LogP contribution in [0.5, 0.6) is 0 Å². The van der Waals surface area contributed by atoms with Crippen LogP contribution in [0.25, 0.3) is 0 Å². The summed E-state index contributed by atoms with van der Waals surface area (Å²) in [6.45, 7) is 0. The van der Waals surface area contributed by atoms with Crippen LogP contribution in [0.3, 0.4) is 0 Å². The number of nitrogens with zero attached hydrogens (tertiary/aromatic N) is 2. The molecule has 1 aliphatic carbocycles. The Bertz CT molecular complexity index is 737. The number of hydrogen-bond acceptors (Lipinski definition) is 4. The second kappa shape index (κ2) is 6.48. The molecule has 1 fully saturated rings. The summed E-state index contributed by atoms with van der Waals surface area (Å²) in [4.78, 5) is 18.8. The highest BCUT2D eigenvalue weighted by molar-refractivity contribution is 6.11. The van der Waals surface area contributed by atoms with Gasteiger partial charge in [-0.05, 0) is 37.1 Å². The molecule has 2 heterocycles. The van der Waals surface area contributed by atoms with Crippen molar-refractivity contribution in [1.82, 2.24) is 4.90 Å². The smallest absolute Gasteiger partial charge is 0.364 e. The number of esters is 1. The molecule has 4 nitrogen and oxygen atoms in total. The van der Waals surface area contributed by atoms with Crippen LogP contribution in [0.2, 0.25) is 0 Å². The summed E-state index contributed by atoms with van der Waals surface area (Å²) in [5, 5.41) is 0. The predicted octanol–water partition coefficient (Wildman–Crippen LogP) is 3.92. The van der Waals surface area contributed by atoms with Crippen LogP contribution in [0.15, 0.2) is 71.1 Å². The summed E-state index contributed by atoms with van der Waals surface area (Å²) in [5.41, 5.74) is 2.00. The van der Waals surface area contributed by atoms with Crippen molar-refractivity contribution in [3.63, 3.8) is 0 Å². The second-order valence-corrected chi connectivity index (χ2v) is 6.35. The SMILES string of the molecule is O=C1OC(c2ccccc2)=NC1=C1C=CN(C2CCCCC2)C=C1. The maximum absolute atomic E-state index is 12.2. The van der Waals surface area contributed by atoms with E-state index in [1.54, 1.807) is 0 Å². The first kappa shape index (κ1) is 14.9. The zero-order valence-electron chi connectivity index (χ0n) is 13.5. The van der Waals surface area contributed by atoms with Gasteiger partial charge in [-0.15, -0.1) is 0 Å². The Balaban J connectivity index is 1.56. The molecule has 0 amide bonds. The minimum Gasteiger partial charge on any atom is -0.402 e. The van der Waals surface area contributed by atoms with Crippen molar-refractivity contribution >= 4 is 11.9 Å². The molecule has 122 valence electrons. The van der Waals surface area contributed by atoms with E-state index in [0.717, 1.165) is 11.1 Å². The van der Waals surface area contributed by atoms with Crippen LogP contribution in [-0.4, -0.2) is 22.8 Å². The van der Waals surface area contributed by atoms with E-state index < -0.39 is 0 Å². The molecule has 1 saturated carbocycles. The fourth-order valence-electron chi connectivity index (χ4n) is 3.41. The number of allylic oxidation sites excluding steroid dienone is 3. The van der Waals surface area contributed by atoms with Gasteiger partial charge in [-0.2, -0.15) is 0 Å². The number of ether oxygens (including phenoxy) is 1. The number of rotatable bonds is 2. The number of benzene rings is 1. The first-order valence-corrected chi connectivity index (χ1v) is 8.56. The zero-order chi connectivity index (χ0) is 16.4. The summed E-state index contributed by atoms with van der Waals surface area (Å²) in [6, 6.07) is 10.1. The lowest BCUT2D eigenvalue weighted by Gasteiger charge is -2.32. The molecule has 1 aromatic carbocycles. The molecular weight excluding hydrogens is 300 g/mol. The molecule has 1 aromatic rings. The highest BCUT2D eigenvalue weighted by atomic mass is 16.6. The van der Waals surface area contributed by atoms with E-state index >= 15 is 0 Å². The lowest BCUT2D eigenvalue weighted by atomic mass is 9.94. The van der Waals surface area contributed by atoms with Crippen molar-refractivity contribution in [1.29, 1.82) is 0 Å². The predicted molar refractivity (Wildman–Crippen MR) is 93.1 cm³/mol. The number of cyclic esters (lactones) is 1. The number of carbonyl (C=O) groups is 1. The Kier molecular flexibility index (Phi) is 4.03. The molecule has 3 aliphatic rings. The normalized spacial score (nSPS) is 21.2. The Morgan fingerprint density at radius 3 is 2.42 bits per heavy atom. The summed E-state index contributed by atoms with van der Waals surface area (Å²) in [7, 11) is 0. The Hall–Kier alpha value is -2.62. The molecule has 2 aliphatic heterocycles. The fraction of sp³-hybridized carbons (Fsp3) is 0.300. The molecule has 0 bridgehead atoms. The molecule has 0 unspecified atom stereocenters. The molecule has 0 N–H and O–H groups in total. The Morgan fingerprint density at radius 1 is 1.00 bits per heavy atom. The lowest BCUT2D eigenvalue weighted by molar-refractivity contribution is -0.130. The van der Waals surface area contributed by atoms with Crippen LogP contribution in [-0.2, 0) is 9.53 Å². The van der Waals surface area contributed by atoms with Gasteiger partial charge >= 0.3 is 5.97 Å². The van der Waals surface area contributed by atoms with Gasteiger partial charge < -0.3 is 9.64 Å². The number of hydrogen-bond donors (Lipinski definition) is 0. The van der Waals surface area contributed by atoms with Gasteiger partial charge in [-0.3, -0.25) is 0 Å². The van der Waals surface area contributed by atoms with Gasteiger partial charge in [-0.1, -0.05) is 37.5 Å². The van der Waals surface area contributed by atoms with E-state index in [4.69, 9.17) is 4.74 Å². The molecule has 4 heteroatoms. The molecule has 0 radical (unpaired) electrons. The third kappa shape index (κ3) is 2.92. The van der Waals surface area contributed by atoms with E-state index in [2.05, 4.69) is 22.3 Å². The van der Waals surface area contributed by atoms with Crippen molar-refractivity contribution in [3.05, 3.63) is 71.7 Å². The standard InChI is InChI=1S/C20H20N2O2/c23-20-18(21-19(24-20)16-7-3-1-4-8-16)15-11-13-22(14-12-15)17-9-5-2-6-10-17/h1,3-4,7-8,11-14,17H,2,5-6,9-10H2. The van der Waals surface area contributed by atoms with Crippen molar-refractivity contribution in [2.75, 3.05) is 0 Å². The zero-order valence-corrected chi connectivity index (χ0v) is 13.5. The topological polar surface area (TPSA) is 41.9 Å².